The van der Waals surface area contributed by atoms with Crippen molar-refractivity contribution in [2.45, 2.75) is 44.4 Å². The number of carbonyl (C=O) groups is 1. The topological polar surface area (TPSA) is 42.1 Å². The van der Waals surface area contributed by atoms with Crippen LogP contribution < -0.4 is 0 Å². The summed E-state index contributed by atoms with van der Waals surface area (Å²) >= 11 is 0. The van der Waals surface area contributed by atoms with Crippen molar-refractivity contribution < 1.29 is 9.53 Å². The SMILES string of the molecule is CCOC(=O)C1(c2[nH]ccc2-c2ccccc2)CCCCC1. The summed E-state index contributed by atoms with van der Waals surface area (Å²) in [6.07, 6.45) is 7.02. The average molecular weight is 297 g/mol. The van der Waals surface area contributed by atoms with Crippen molar-refractivity contribution in [3.8, 4) is 11.1 Å². The van der Waals surface area contributed by atoms with E-state index in [0.29, 0.717) is 6.61 Å². The highest BCUT2D eigenvalue weighted by Gasteiger charge is 2.44. The van der Waals surface area contributed by atoms with Crippen LogP contribution >= 0.6 is 0 Å². The van der Waals surface area contributed by atoms with Gasteiger partial charge in [-0.2, -0.15) is 0 Å². The highest BCUT2D eigenvalue weighted by atomic mass is 16.5. The van der Waals surface area contributed by atoms with Gasteiger partial charge in [-0.15, -0.1) is 0 Å². The molecule has 0 bridgehead atoms. The third-order valence-electron chi connectivity index (χ3n) is 4.68. The lowest BCUT2D eigenvalue weighted by atomic mass is 9.70. The zero-order valence-corrected chi connectivity index (χ0v) is 13.1. The van der Waals surface area contributed by atoms with Gasteiger partial charge in [0.05, 0.1) is 6.61 Å². The first-order valence-electron chi connectivity index (χ1n) is 8.18. The van der Waals surface area contributed by atoms with Gasteiger partial charge in [0.1, 0.15) is 5.41 Å². The zero-order chi connectivity index (χ0) is 15.4. The molecule has 1 fully saturated rings. The molecule has 0 spiro atoms. The molecule has 3 nitrogen and oxygen atoms in total. The molecule has 116 valence electrons. The minimum absolute atomic E-state index is 0.0747. The molecule has 2 aromatic rings. The molecule has 1 heterocycles. The van der Waals surface area contributed by atoms with E-state index in [1.54, 1.807) is 0 Å². The van der Waals surface area contributed by atoms with Crippen LogP contribution in [0.4, 0.5) is 0 Å². The Morgan fingerprint density at radius 3 is 2.55 bits per heavy atom. The van der Waals surface area contributed by atoms with E-state index in [9.17, 15) is 4.79 Å². The molecule has 1 aromatic carbocycles. The lowest BCUT2D eigenvalue weighted by molar-refractivity contribution is -0.151. The van der Waals surface area contributed by atoms with Crippen LogP contribution in [0, 0.1) is 0 Å². The first kappa shape index (κ1) is 14.9. The number of hydrogen-bond acceptors (Lipinski definition) is 2. The van der Waals surface area contributed by atoms with E-state index in [1.165, 1.54) is 6.42 Å². The maximum Gasteiger partial charge on any atom is 0.318 e. The Labute approximate surface area is 131 Å². The summed E-state index contributed by atoms with van der Waals surface area (Å²) in [5, 5.41) is 0. The first-order valence-corrected chi connectivity index (χ1v) is 8.18. The molecule has 1 aliphatic rings. The highest BCUT2D eigenvalue weighted by molar-refractivity contribution is 5.86. The van der Waals surface area contributed by atoms with Crippen LogP contribution in [0.1, 0.15) is 44.7 Å². The molecule has 0 aliphatic heterocycles. The molecule has 1 saturated carbocycles. The first-order chi connectivity index (χ1) is 10.8. The smallest absolute Gasteiger partial charge is 0.318 e. The maximum absolute atomic E-state index is 12.8. The molecule has 0 unspecified atom stereocenters. The number of aromatic amines is 1. The van der Waals surface area contributed by atoms with E-state index in [2.05, 4.69) is 23.2 Å². The van der Waals surface area contributed by atoms with Crippen molar-refractivity contribution in [3.63, 3.8) is 0 Å². The van der Waals surface area contributed by atoms with Gasteiger partial charge in [-0.25, -0.2) is 0 Å². The minimum Gasteiger partial charge on any atom is -0.465 e. The van der Waals surface area contributed by atoms with Crippen LogP contribution in [0.3, 0.4) is 0 Å². The Morgan fingerprint density at radius 1 is 1.14 bits per heavy atom. The Balaban J connectivity index is 2.06. The molecule has 22 heavy (non-hydrogen) atoms. The second kappa shape index (κ2) is 6.39. The summed E-state index contributed by atoms with van der Waals surface area (Å²) in [6, 6.07) is 12.3. The van der Waals surface area contributed by atoms with Crippen molar-refractivity contribution >= 4 is 5.97 Å². The standard InChI is InChI=1S/C19H23NO2/c1-2-22-18(21)19(12-7-4-8-13-19)17-16(11-14-20-17)15-9-5-3-6-10-15/h3,5-6,9-11,14,20H,2,4,7-8,12-13H2,1H3. The molecule has 1 N–H and O–H groups in total. The van der Waals surface area contributed by atoms with Crippen molar-refractivity contribution in [1.29, 1.82) is 0 Å². The lowest BCUT2D eigenvalue weighted by Crippen LogP contribution is -2.40. The fraction of sp³-hybridized carbons (Fsp3) is 0.421. The molecule has 0 radical (unpaired) electrons. The van der Waals surface area contributed by atoms with Crippen molar-refractivity contribution in [2.24, 2.45) is 0 Å². The second-order valence-corrected chi connectivity index (χ2v) is 6.00. The van der Waals surface area contributed by atoms with Crippen molar-refractivity contribution in [2.75, 3.05) is 6.61 Å². The predicted octanol–water partition coefficient (Wildman–Crippen LogP) is 4.45. The van der Waals surface area contributed by atoms with Crippen molar-refractivity contribution in [1.82, 2.24) is 4.98 Å². The summed E-state index contributed by atoms with van der Waals surface area (Å²) < 4.78 is 5.44. The number of rotatable bonds is 4. The molecule has 3 heteroatoms. The van der Waals surface area contributed by atoms with Crippen LogP contribution in [0.15, 0.2) is 42.6 Å². The number of hydrogen-bond donors (Lipinski definition) is 1. The Bertz CT molecular complexity index is 624. The van der Waals surface area contributed by atoms with Gasteiger partial charge in [-0.05, 0) is 31.4 Å². The number of nitrogens with one attached hydrogen (secondary N) is 1. The Morgan fingerprint density at radius 2 is 1.86 bits per heavy atom. The molecular weight excluding hydrogens is 274 g/mol. The Kier molecular flexibility index (Phi) is 4.32. The van der Waals surface area contributed by atoms with Crippen LogP contribution in [-0.4, -0.2) is 17.6 Å². The monoisotopic (exact) mass is 297 g/mol. The maximum atomic E-state index is 12.8. The predicted molar refractivity (Wildman–Crippen MR) is 87.6 cm³/mol. The summed E-state index contributed by atoms with van der Waals surface area (Å²) in [4.78, 5) is 16.1. The van der Waals surface area contributed by atoms with Gasteiger partial charge < -0.3 is 9.72 Å². The fourth-order valence-corrected chi connectivity index (χ4v) is 3.60. The normalized spacial score (nSPS) is 17.1. The van der Waals surface area contributed by atoms with Gasteiger partial charge in [-0.3, -0.25) is 4.79 Å². The number of H-pyrrole nitrogens is 1. The number of aromatic nitrogens is 1. The molecule has 1 aliphatic carbocycles. The van der Waals surface area contributed by atoms with Crippen molar-refractivity contribution in [3.05, 3.63) is 48.3 Å². The molecule has 3 rings (SSSR count). The summed E-state index contributed by atoms with van der Waals surface area (Å²) in [6.45, 7) is 2.31. The molecule has 0 atom stereocenters. The molecule has 0 amide bonds. The van der Waals surface area contributed by atoms with Gasteiger partial charge >= 0.3 is 5.97 Å². The van der Waals surface area contributed by atoms with E-state index in [0.717, 1.165) is 42.5 Å². The van der Waals surface area contributed by atoms with Gasteiger partial charge in [-0.1, -0.05) is 49.6 Å². The van der Waals surface area contributed by atoms with Gasteiger partial charge in [0, 0.05) is 17.5 Å². The van der Waals surface area contributed by atoms with Crippen LogP contribution in [0.5, 0.6) is 0 Å². The summed E-state index contributed by atoms with van der Waals surface area (Å²) in [5.41, 5.74) is 2.78. The minimum atomic E-state index is -0.511. The van der Waals surface area contributed by atoms with Crippen LogP contribution in [-0.2, 0) is 14.9 Å². The van der Waals surface area contributed by atoms with E-state index < -0.39 is 5.41 Å². The Hall–Kier alpha value is -2.03. The molecule has 0 saturated heterocycles. The van der Waals surface area contributed by atoms with E-state index >= 15 is 0 Å². The summed E-state index contributed by atoms with van der Waals surface area (Å²) in [7, 11) is 0. The largest absolute Gasteiger partial charge is 0.465 e. The third kappa shape index (κ3) is 2.56. The number of benzene rings is 1. The van der Waals surface area contributed by atoms with Gasteiger partial charge in [0.25, 0.3) is 0 Å². The van der Waals surface area contributed by atoms with Crippen LogP contribution in [0.25, 0.3) is 11.1 Å². The van der Waals surface area contributed by atoms with E-state index in [1.807, 2.05) is 31.3 Å². The van der Waals surface area contributed by atoms with Gasteiger partial charge in [0.2, 0.25) is 0 Å². The van der Waals surface area contributed by atoms with Crippen LogP contribution in [0.2, 0.25) is 0 Å². The lowest BCUT2D eigenvalue weighted by Gasteiger charge is -2.35. The highest BCUT2D eigenvalue weighted by Crippen LogP contribution is 2.43. The van der Waals surface area contributed by atoms with E-state index in [-0.39, 0.29) is 5.97 Å². The number of carbonyl (C=O) groups excluding carboxylic acids is 1. The van der Waals surface area contributed by atoms with E-state index in [4.69, 9.17) is 4.74 Å². The quantitative estimate of drug-likeness (QED) is 0.847. The molecular formula is C19H23NO2. The molecule has 1 aromatic heterocycles. The number of ether oxygens (including phenoxy) is 1. The second-order valence-electron chi connectivity index (χ2n) is 6.00. The fourth-order valence-electron chi connectivity index (χ4n) is 3.60. The third-order valence-corrected chi connectivity index (χ3v) is 4.68. The number of esters is 1. The summed E-state index contributed by atoms with van der Waals surface area (Å²) in [5.74, 6) is -0.0747. The van der Waals surface area contributed by atoms with Gasteiger partial charge in [0.15, 0.2) is 0 Å². The zero-order valence-electron chi connectivity index (χ0n) is 13.1. The average Bonchev–Trinajstić information content (AvgIpc) is 3.07.